The minimum Gasteiger partial charge on any atom is -0.481 e. The fourth-order valence-electron chi connectivity index (χ4n) is 2.54. The van der Waals surface area contributed by atoms with E-state index in [4.69, 9.17) is 14.2 Å². The normalized spacial score (nSPS) is 12.3. The summed E-state index contributed by atoms with van der Waals surface area (Å²) in [6, 6.07) is 6.22. The van der Waals surface area contributed by atoms with Crippen LogP contribution >= 0.6 is 0 Å². The molecule has 0 radical (unpaired) electrons. The molecule has 0 aliphatic carbocycles. The van der Waals surface area contributed by atoms with Gasteiger partial charge in [-0.2, -0.15) is 23.1 Å². The lowest BCUT2D eigenvalue weighted by Crippen LogP contribution is -2.15. The molecule has 0 amide bonds. The average molecular weight is 406 g/mol. The third-order valence-electron chi connectivity index (χ3n) is 3.92. The first-order valence-corrected chi connectivity index (χ1v) is 8.45. The topological polar surface area (TPSA) is 79.2 Å². The summed E-state index contributed by atoms with van der Waals surface area (Å²) in [5, 5.41) is 0. The van der Waals surface area contributed by atoms with Crippen molar-refractivity contribution in [1.29, 1.82) is 0 Å². The van der Waals surface area contributed by atoms with Gasteiger partial charge in [0, 0.05) is 25.0 Å². The zero-order valence-electron chi connectivity index (χ0n) is 15.6. The summed E-state index contributed by atoms with van der Waals surface area (Å²) in [4.78, 5) is 16.3. The average Bonchev–Trinajstić information content (AvgIpc) is 2.73. The van der Waals surface area contributed by atoms with Crippen LogP contribution in [0.5, 0.6) is 17.8 Å². The van der Waals surface area contributed by atoms with Crippen LogP contribution in [0.25, 0.3) is 0 Å². The summed E-state index contributed by atoms with van der Waals surface area (Å²) in [5.74, 6) is 0.378. The van der Waals surface area contributed by atoms with E-state index in [-0.39, 0.29) is 29.8 Å². The van der Waals surface area contributed by atoms with Crippen molar-refractivity contribution in [3.8, 4) is 17.8 Å². The second kappa shape index (κ2) is 8.72. The van der Waals surface area contributed by atoms with E-state index < -0.39 is 17.8 Å². The maximum absolute atomic E-state index is 13.2. The molecule has 0 aliphatic rings. The number of methoxy groups -OCH3 is 2. The van der Waals surface area contributed by atoms with Gasteiger partial charge in [0.25, 0.3) is 0 Å². The summed E-state index contributed by atoms with van der Waals surface area (Å²) >= 11 is 0. The molecule has 3 rings (SSSR count). The van der Waals surface area contributed by atoms with Gasteiger partial charge in [0.1, 0.15) is 6.10 Å². The molecule has 152 valence electrons. The lowest BCUT2D eigenvalue weighted by atomic mass is 10.0. The van der Waals surface area contributed by atoms with Gasteiger partial charge in [0.2, 0.25) is 11.8 Å². The number of rotatable bonds is 7. The molecule has 0 fully saturated rings. The number of nitrogens with zero attached hydrogens (tertiary/aromatic N) is 4. The molecule has 1 aromatic carbocycles. The van der Waals surface area contributed by atoms with Crippen LogP contribution in [0, 0.1) is 0 Å². The number of benzene rings is 1. The van der Waals surface area contributed by atoms with Gasteiger partial charge in [-0.25, -0.2) is 0 Å². The quantitative estimate of drug-likeness (QED) is 0.592. The van der Waals surface area contributed by atoms with Gasteiger partial charge in [-0.3, -0.25) is 9.97 Å². The van der Waals surface area contributed by atoms with Gasteiger partial charge < -0.3 is 14.2 Å². The molecule has 0 aliphatic heterocycles. The molecule has 0 bridgehead atoms. The Balaban J connectivity index is 1.98. The van der Waals surface area contributed by atoms with Crippen molar-refractivity contribution in [2.24, 2.45) is 0 Å². The van der Waals surface area contributed by atoms with E-state index in [0.29, 0.717) is 5.69 Å². The van der Waals surface area contributed by atoms with Crippen LogP contribution in [-0.2, 0) is 12.6 Å². The summed E-state index contributed by atoms with van der Waals surface area (Å²) in [6.45, 7) is 0. The molecule has 0 N–H and O–H groups in total. The van der Waals surface area contributed by atoms with Gasteiger partial charge in [-0.05, 0) is 17.7 Å². The Morgan fingerprint density at radius 3 is 2.31 bits per heavy atom. The number of hydrogen-bond donors (Lipinski definition) is 0. The highest BCUT2D eigenvalue weighted by atomic mass is 19.4. The largest absolute Gasteiger partial charge is 0.481 e. The molecule has 2 aromatic heterocycles. The number of halogens is 3. The SMILES string of the molecule is COc1cc(OC)nc(OC(Cc2cnccn2)c2cccc(C(F)(F)F)c2)n1. The second-order valence-corrected chi connectivity index (χ2v) is 5.87. The number of ether oxygens (including phenoxy) is 3. The Labute approximate surface area is 164 Å². The van der Waals surface area contributed by atoms with E-state index in [0.717, 1.165) is 12.1 Å². The fraction of sp³-hybridized carbons (Fsp3) is 0.263. The van der Waals surface area contributed by atoms with Crippen molar-refractivity contribution in [3.05, 3.63) is 65.7 Å². The smallest absolute Gasteiger partial charge is 0.416 e. The summed E-state index contributed by atoms with van der Waals surface area (Å²) in [6.07, 6.45) is -0.688. The number of aromatic nitrogens is 4. The van der Waals surface area contributed by atoms with Crippen LogP contribution < -0.4 is 14.2 Å². The Bertz CT molecular complexity index is 933. The molecular weight excluding hydrogens is 389 g/mol. The van der Waals surface area contributed by atoms with Crippen molar-refractivity contribution in [2.75, 3.05) is 14.2 Å². The predicted molar refractivity (Wildman–Crippen MR) is 95.7 cm³/mol. The van der Waals surface area contributed by atoms with E-state index in [1.807, 2.05) is 0 Å². The van der Waals surface area contributed by atoms with Gasteiger partial charge in [0.15, 0.2) is 0 Å². The van der Waals surface area contributed by atoms with Crippen LogP contribution in [0.2, 0.25) is 0 Å². The molecule has 0 saturated carbocycles. The van der Waals surface area contributed by atoms with Crippen LogP contribution in [-0.4, -0.2) is 34.2 Å². The lowest BCUT2D eigenvalue weighted by Gasteiger charge is -2.19. The zero-order valence-corrected chi connectivity index (χ0v) is 15.6. The lowest BCUT2D eigenvalue weighted by molar-refractivity contribution is -0.137. The Kier molecular flexibility index (Phi) is 6.10. The first kappa shape index (κ1) is 20.3. The number of hydrogen-bond acceptors (Lipinski definition) is 7. The van der Waals surface area contributed by atoms with Gasteiger partial charge in [-0.1, -0.05) is 12.1 Å². The minimum atomic E-state index is -4.48. The van der Waals surface area contributed by atoms with Crippen LogP contribution in [0.1, 0.15) is 22.9 Å². The molecule has 2 heterocycles. The van der Waals surface area contributed by atoms with Crippen molar-refractivity contribution < 1.29 is 27.4 Å². The molecular formula is C19H17F3N4O3. The van der Waals surface area contributed by atoms with E-state index in [2.05, 4.69) is 19.9 Å². The molecule has 0 spiro atoms. The minimum absolute atomic E-state index is 0.104. The summed E-state index contributed by atoms with van der Waals surface area (Å²) < 4.78 is 55.5. The highest BCUT2D eigenvalue weighted by Crippen LogP contribution is 2.33. The highest BCUT2D eigenvalue weighted by Gasteiger charge is 2.31. The van der Waals surface area contributed by atoms with E-state index in [1.54, 1.807) is 0 Å². The monoisotopic (exact) mass is 406 g/mol. The summed E-state index contributed by atoms with van der Waals surface area (Å²) in [7, 11) is 2.82. The molecule has 7 nitrogen and oxygen atoms in total. The van der Waals surface area contributed by atoms with E-state index in [1.165, 1.54) is 51.0 Å². The molecule has 1 atom stereocenters. The Hall–Kier alpha value is -3.43. The van der Waals surface area contributed by atoms with Crippen LogP contribution in [0.4, 0.5) is 13.2 Å². The van der Waals surface area contributed by atoms with Gasteiger partial charge in [0.05, 0.1) is 31.5 Å². The molecule has 0 saturated heterocycles. The first-order valence-electron chi connectivity index (χ1n) is 8.45. The highest BCUT2D eigenvalue weighted by molar-refractivity contribution is 5.29. The van der Waals surface area contributed by atoms with Crippen molar-refractivity contribution in [2.45, 2.75) is 18.7 Å². The maximum Gasteiger partial charge on any atom is 0.416 e. The third kappa shape index (κ3) is 5.31. The van der Waals surface area contributed by atoms with Gasteiger partial charge in [-0.15, -0.1) is 0 Å². The number of alkyl halides is 3. The van der Waals surface area contributed by atoms with E-state index >= 15 is 0 Å². The van der Waals surface area contributed by atoms with Crippen LogP contribution in [0.3, 0.4) is 0 Å². The zero-order chi connectivity index (χ0) is 20.9. The van der Waals surface area contributed by atoms with Gasteiger partial charge >= 0.3 is 12.2 Å². The maximum atomic E-state index is 13.2. The molecule has 3 aromatic rings. The van der Waals surface area contributed by atoms with Crippen molar-refractivity contribution >= 4 is 0 Å². The Morgan fingerprint density at radius 1 is 1.00 bits per heavy atom. The van der Waals surface area contributed by atoms with E-state index in [9.17, 15) is 13.2 Å². The van der Waals surface area contributed by atoms with Crippen LogP contribution in [0.15, 0.2) is 48.9 Å². The van der Waals surface area contributed by atoms with Crippen molar-refractivity contribution in [1.82, 2.24) is 19.9 Å². The predicted octanol–water partition coefficient (Wildman–Crippen LogP) is 3.67. The standard InChI is InChI=1S/C19H17F3N4O3/c1-27-16-10-17(28-2)26-18(25-16)29-15(9-14-11-23-6-7-24-14)12-4-3-5-13(8-12)19(20,21)22/h3-8,10-11,15H,9H2,1-2H3. The third-order valence-corrected chi connectivity index (χ3v) is 3.92. The summed E-state index contributed by atoms with van der Waals surface area (Å²) in [5.41, 5.74) is 0.0347. The van der Waals surface area contributed by atoms with Crippen molar-refractivity contribution in [3.63, 3.8) is 0 Å². The first-order chi connectivity index (χ1) is 13.9. The molecule has 29 heavy (non-hydrogen) atoms. The molecule has 1 unspecified atom stereocenters. The fourth-order valence-corrected chi connectivity index (χ4v) is 2.54. The Morgan fingerprint density at radius 2 is 1.72 bits per heavy atom. The second-order valence-electron chi connectivity index (χ2n) is 5.87. The molecule has 10 heteroatoms.